The van der Waals surface area contributed by atoms with Crippen molar-refractivity contribution in [3.63, 3.8) is 0 Å². The van der Waals surface area contributed by atoms with E-state index in [-0.39, 0.29) is 18.5 Å². The highest BCUT2D eigenvalue weighted by Crippen LogP contribution is 2.50. The Morgan fingerprint density at radius 3 is 2.77 bits per heavy atom. The third kappa shape index (κ3) is 2.26. The Kier molecular flexibility index (Phi) is 3.85. The molecule has 0 aliphatic carbocycles. The van der Waals surface area contributed by atoms with E-state index in [2.05, 4.69) is 11.1 Å². The van der Waals surface area contributed by atoms with Gasteiger partial charge in [-0.25, -0.2) is 9.36 Å². The average molecular weight is 426 g/mol. The first kappa shape index (κ1) is 18.8. The quantitative estimate of drug-likeness (QED) is 0.663. The minimum Gasteiger partial charge on any atom is -0.493 e. The number of hydrogen-bond acceptors (Lipinski definition) is 6. The molecule has 1 saturated heterocycles. The summed E-state index contributed by atoms with van der Waals surface area (Å²) in [6, 6.07) is 7.68. The molecule has 2 unspecified atom stereocenters. The summed E-state index contributed by atoms with van der Waals surface area (Å²) < 4.78 is 30.5. The van der Waals surface area contributed by atoms with Crippen LogP contribution in [-0.2, 0) is 10.2 Å². The number of rotatable bonds is 3. The number of pyridine rings is 1. The molecule has 0 radical (unpaired) electrons. The van der Waals surface area contributed by atoms with E-state index in [1.165, 1.54) is 27.5 Å². The number of aromatic nitrogens is 3. The van der Waals surface area contributed by atoms with Crippen molar-refractivity contribution in [3.05, 3.63) is 52.2 Å². The van der Waals surface area contributed by atoms with Gasteiger partial charge in [-0.1, -0.05) is 0 Å². The Morgan fingerprint density at radius 1 is 1.30 bits per heavy atom. The van der Waals surface area contributed by atoms with Crippen LogP contribution in [0, 0.1) is 11.3 Å². The van der Waals surface area contributed by atoms with Gasteiger partial charge in [-0.2, -0.15) is 22.3 Å². The lowest BCUT2D eigenvalue weighted by atomic mass is 10.1. The molecule has 1 N–H and O–H groups in total. The zero-order valence-electron chi connectivity index (χ0n) is 16.2. The minimum atomic E-state index is -3.69. The van der Waals surface area contributed by atoms with Gasteiger partial charge >= 0.3 is 5.69 Å². The van der Waals surface area contributed by atoms with E-state index in [1.807, 2.05) is 0 Å². The van der Waals surface area contributed by atoms with Crippen LogP contribution in [0.1, 0.15) is 29.8 Å². The van der Waals surface area contributed by atoms with Crippen LogP contribution >= 0.6 is 0 Å². The second-order valence-electron chi connectivity index (χ2n) is 7.61. The second kappa shape index (κ2) is 6.15. The smallest absolute Gasteiger partial charge is 0.336 e. The van der Waals surface area contributed by atoms with Crippen molar-refractivity contribution in [2.75, 3.05) is 20.6 Å². The lowest BCUT2D eigenvalue weighted by molar-refractivity contribution is 0.321. The first-order chi connectivity index (χ1) is 14.3. The van der Waals surface area contributed by atoms with Crippen molar-refractivity contribution in [1.82, 2.24) is 22.7 Å². The summed E-state index contributed by atoms with van der Waals surface area (Å²) in [5.41, 5.74) is 1.03. The molecular formula is C19H18N6O4S. The third-order valence-electron chi connectivity index (χ3n) is 5.88. The zero-order valence-corrected chi connectivity index (χ0v) is 17.0. The van der Waals surface area contributed by atoms with Gasteiger partial charge in [0.25, 0.3) is 10.2 Å². The summed E-state index contributed by atoms with van der Waals surface area (Å²) in [5.74, 6) is -0.291. The molecule has 1 aromatic carbocycles. The fourth-order valence-corrected chi connectivity index (χ4v) is 5.82. The zero-order chi connectivity index (χ0) is 21.4. The van der Waals surface area contributed by atoms with Gasteiger partial charge in [-0.05, 0) is 30.7 Å². The molecule has 0 saturated carbocycles. The number of nitriles is 1. The second-order valence-corrected chi connectivity index (χ2v) is 9.70. The van der Waals surface area contributed by atoms with Gasteiger partial charge in [0.1, 0.15) is 11.8 Å². The molecule has 2 aliphatic heterocycles. The summed E-state index contributed by atoms with van der Waals surface area (Å²) in [4.78, 5) is 17.5. The average Bonchev–Trinajstić information content (AvgIpc) is 3.39. The van der Waals surface area contributed by atoms with Crippen LogP contribution in [0.15, 0.2) is 35.3 Å². The van der Waals surface area contributed by atoms with Crippen LogP contribution in [-0.4, -0.2) is 56.9 Å². The van der Waals surface area contributed by atoms with Gasteiger partial charge in [0.2, 0.25) is 5.88 Å². The lowest BCUT2D eigenvalue weighted by Gasteiger charge is -2.29. The first-order valence-corrected chi connectivity index (χ1v) is 10.7. The predicted molar refractivity (Wildman–Crippen MR) is 107 cm³/mol. The van der Waals surface area contributed by atoms with Crippen LogP contribution in [0.25, 0.3) is 16.6 Å². The third-order valence-corrected chi connectivity index (χ3v) is 7.80. The van der Waals surface area contributed by atoms with Crippen molar-refractivity contribution < 1.29 is 13.5 Å². The number of aromatic hydroxyl groups is 1. The largest absolute Gasteiger partial charge is 0.493 e. The van der Waals surface area contributed by atoms with Gasteiger partial charge < -0.3 is 5.11 Å². The summed E-state index contributed by atoms with van der Waals surface area (Å²) in [7, 11) is -0.787. The Labute approximate surface area is 172 Å². The summed E-state index contributed by atoms with van der Waals surface area (Å²) in [5, 5.41) is 20.9. The van der Waals surface area contributed by atoms with Crippen LogP contribution in [0.3, 0.4) is 0 Å². The molecule has 0 amide bonds. The van der Waals surface area contributed by atoms with Gasteiger partial charge in [0.15, 0.2) is 0 Å². The maximum atomic E-state index is 13.3. The van der Waals surface area contributed by atoms with E-state index in [4.69, 9.17) is 0 Å². The van der Waals surface area contributed by atoms with Gasteiger partial charge in [0.05, 0.1) is 28.9 Å². The molecule has 5 rings (SSSR count). The number of fused-ring (bicyclic) bond motifs is 6. The maximum Gasteiger partial charge on any atom is 0.336 e. The number of hydrogen-bond donors (Lipinski definition) is 1. The minimum absolute atomic E-state index is 0.178. The van der Waals surface area contributed by atoms with Crippen molar-refractivity contribution in [2.24, 2.45) is 0 Å². The monoisotopic (exact) mass is 426 g/mol. The maximum absolute atomic E-state index is 13.3. The van der Waals surface area contributed by atoms with Crippen molar-refractivity contribution in [1.29, 1.82) is 5.26 Å². The highest BCUT2D eigenvalue weighted by molar-refractivity contribution is 7.86. The lowest BCUT2D eigenvalue weighted by Crippen LogP contribution is -2.43. The molecule has 11 heteroatoms. The Balaban J connectivity index is 1.73. The molecule has 154 valence electrons. The predicted octanol–water partition coefficient (Wildman–Crippen LogP) is 0.872. The highest BCUT2D eigenvalue weighted by Gasteiger charge is 2.52. The fourth-order valence-electron chi connectivity index (χ4n) is 4.53. The molecule has 0 spiro atoms. The fraction of sp³-hybridized carbons (Fsp3) is 0.316. The molecule has 2 atom stereocenters. The topological polar surface area (TPSA) is 124 Å². The molecular weight excluding hydrogens is 408 g/mol. The SMILES string of the molecule is CN(C)S(=O)(=O)N1CC2CC1c1c(O)n(-c3ccc(C#N)c4ncccc34)c(=O)n12. The normalized spacial score (nSPS) is 20.7. The Hall–Kier alpha value is -3.20. The molecule has 2 aromatic heterocycles. The molecule has 2 aliphatic rings. The van der Waals surface area contributed by atoms with E-state index >= 15 is 0 Å². The number of benzene rings is 1. The molecule has 10 nitrogen and oxygen atoms in total. The molecule has 2 bridgehead atoms. The van der Waals surface area contributed by atoms with Crippen LogP contribution in [0.4, 0.5) is 0 Å². The molecule has 4 heterocycles. The highest BCUT2D eigenvalue weighted by atomic mass is 32.2. The molecule has 30 heavy (non-hydrogen) atoms. The summed E-state index contributed by atoms with van der Waals surface area (Å²) in [6.07, 6.45) is 2.00. The number of imidazole rings is 1. The Morgan fingerprint density at radius 2 is 2.07 bits per heavy atom. The van der Waals surface area contributed by atoms with Crippen molar-refractivity contribution in [3.8, 4) is 17.6 Å². The van der Waals surface area contributed by atoms with E-state index in [1.54, 1.807) is 30.5 Å². The van der Waals surface area contributed by atoms with Gasteiger partial charge in [0, 0.05) is 32.2 Å². The van der Waals surface area contributed by atoms with E-state index in [0.29, 0.717) is 34.3 Å². The number of nitrogens with zero attached hydrogens (tertiary/aromatic N) is 6. The van der Waals surface area contributed by atoms with Crippen molar-refractivity contribution >= 4 is 21.1 Å². The van der Waals surface area contributed by atoms with Crippen LogP contribution in [0.5, 0.6) is 5.88 Å². The van der Waals surface area contributed by atoms with Gasteiger partial charge in [-0.3, -0.25) is 9.55 Å². The van der Waals surface area contributed by atoms with E-state index < -0.39 is 21.9 Å². The van der Waals surface area contributed by atoms with Gasteiger partial charge in [-0.15, -0.1) is 0 Å². The van der Waals surface area contributed by atoms with E-state index in [9.17, 15) is 23.6 Å². The summed E-state index contributed by atoms with van der Waals surface area (Å²) >= 11 is 0. The van der Waals surface area contributed by atoms with Crippen LogP contribution in [0.2, 0.25) is 0 Å². The standard InChI is InChI=1S/C19H18N6O4S/c1-22(2)30(28,29)23-10-12-8-15(23)17-18(26)25(19(27)24(12)17)14-6-5-11(9-20)16-13(14)4-3-7-21-16/h3-7,12,15,26H,8,10H2,1-2H3. The summed E-state index contributed by atoms with van der Waals surface area (Å²) in [6.45, 7) is 0.178. The van der Waals surface area contributed by atoms with Crippen molar-refractivity contribution in [2.45, 2.75) is 18.5 Å². The van der Waals surface area contributed by atoms with E-state index in [0.717, 1.165) is 4.31 Å². The molecule has 1 fully saturated rings. The van der Waals surface area contributed by atoms with Crippen LogP contribution < -0.4 is 5.69 Å². The Bertz CT molecular complexity index is 1420. The molecule has 3 aromatic rings. The first-order valence-electron chi connectivity index (χ1n) is 9.31.